The Morgan fingerprint density at radius 2 is 2.33 bits per heavy atom. The van der Waals surface area contributed by atoms with Crippen LogP contribution in [0.15, 0.2) is 18.2 Å². The van der Waals surface area contributed by atoms with Crippen LogP contribution >= 0.6 is 0 Å². The third-order valence-electron chi connectivity index (χ3n) is 3.16. The summed E-state index contributed by atoms with van der Waals surface area (Å²) in [6, 6.07) is 4.05. The van der Waals surface area contributed by atoms with Gasteiger partial charge in [-0.25, -0.2) is 4.39 Å². The number of nitrogens with zero attached hydrogens (tertiary/aromatic N) is 1. The number of nitrogens with two attached hydrogens (primary N) is 1. The van der Waals surface area contributed by atoms with Gasteiger partial charge in [0, 0.05) is 20.2 Å². The SMILES string of the molecule is COCC(N)C(=O)N1CCc2cc(F)ccc2C1. The first kappa shape index (κ1) is 13.0. The van der Waals surface area contributed by atoms with Gasteiger partial charge in [-0.05, 0) is 29.7 Å². The predicted molar refractivity (Wildman–Crippen MR) is 65.4 cm³/mol. The third-order valence-corrected chi connectivity index (χ3v) is 3.16. The highest BCUT2D eigenvalue weighted by atomic mass is 19.1. The molecule has 5 heteroatoms. The summed E-state index contributed by atoms with van der Waals surface area (Å²) in [7, 11) is 1.52. The van der Waals surface area contributed by atoms with Gasteiger partial charge in [0.25, 0.3) is 0 Å². The van der Waals surface area contributed by atoms with Gasteiger partial charge in [0.1, 0.15) is 11.9 Å². The number of fused-ring (bicyclic) bond motifs is 1. The molecule has 4 nitrogen and oxygen atoms in total. The van der Waals surface area contributed by atoms with Crippen molar-refractivity contribution in [2.24, 2.45) is 5.73 Å². The minimum absolute atomic E-state index is 0.119. The molecule has 0 saturated carbocycles. The van der Waals surface area contributed by atoms with Crippen molar-refractivity contribution in [2.75, 3.05) is 20.3 Å². The van der Waals surface area contributed by atoms with Crippen molar-refractivity contribution in [2.45, 2.75) is 19.0 Å². The second-order valence-corrected chi connectivity index (χ2v) is 4.48. The van der Waals surface area contributed by atoms with Crippen LogP contribution in [0.5, 0.6) is 0 Å². The molecule has 0 fully saturated rings. The minimum atomic E-state index is -0.628. The molecule has 18 heavy (non-hydrogen) atoms. The second-order valence-electron chi connectivity index (χ2n) is 4.48. The van der Waals surface area contributed by atoms with E-state index in [1.54, 1.807) is 11.0 Å². The Morgan fingerprint density at radius 1 is 1.56 bits per heavy atom. The molecule has 1 aliphatic heterocycles. The fourth-order valence-electron chi connectivity index (χ4n) is 2.20. The lowest BCUT2D eigenvalue weighted by molar-refractivity contribution is -0.134. The van der Waals surface area contributed by atoms with Crippen LogP contribution in [0.4, 0.5) is 4.39 Å². The lowest BCUT2D eigenvalue weighted by Gasteiger charge is -2.30. The Labute approximate surface area is 106 Å². The number of halogens is 1. The molecule has 1 heterocycles. The molecule has 1 amide bonds. The van der Waals surface area contributed by atoms with E-state index < -0.39 is 6.04 Å². The van der Waals surface area contributed by atoms with Crippen LogP contribution in [-0.2, 0) is 22.5 Å². The van der Waals surface area contributed by atoms with Gasteiger partial charge in [0.15, 0.2) is 0 Å². The molecule has 2 N–H and O–H groups in total. The molecule has 0 radical (unpaired) electrons. The first-order valence-electron chi connectivity index (χ1n) is 5.92. The molecular formula is C13H17FN2O2. The molecule has 0 saturated heterocycles. The van der Waals surface area contributed by atoms with Crippen LogP contribution in [0.3, 0.4) is 0 Å². The van der Waals surface area contributed by atoms with E-state index in [0.29, 0.717) is 19.5 Å². The summed E-state index contributed by atoms with van der Waals surface area (Å²) >= 11 is 0. The summed E-state index contributed by atoms with van der Waals surface area (Å²) < 4.78 is 17.9. The Hall–Kier alpha value is -1.46. The fourth-order valence-corrected chi connectivity index (χ4v) is 2.20. The molecule has 1 aliphatic rings. The van der Waals surface area contributed by atoms with Gasteiger partial charge >= 0.3 is 0 Å². The Balaban J connectivity index is 2.07. The number of rotatable bonds is 3. The first-order valence-corrected chi connectivity index (χ1v) is 5.92. The van der Waals surface area contributed by atoms with Crippen LogP contribution in [0.25, 0.3) is 0 Å². The number of benzene rings is 1. The van der Waals surface area contributed by atoms with Gasteiger partial charge in [-0.3, -0.25) is 4.79 Å². The molecule has 1 unspecified atom stereocenters. The van der Waals surface area contributed by atoms with Gasteiger partial charge in [-0.15, -0.1) is 0 Å². The average molecular weight is 252 g/mol. The molecule has 1 atom stereocenters. The normalized spacial score (nSPS) is 16.3. The van der Waals surface area contributed by atoms with Crippen LogP contribution in [-0.4, -0.2) is 37.1 Å². The van der Waals surface area contributed by atoms with E-state index in [1.807, 2.05) is 0 Å². The van der Waals surface area contributed by atoms with E-state index in [-0.39, 0.29) is 18.3 Å². The molecule has 98 valence electrons. The molecule has 2 rings (SSSR count). The number of hydrogen-bond acceptors (Lipinski definition) is 3. The monoisotopic (exact) mass is 252 g/mol. The number of carbonyl (C=O) groups excluding carboxylic acids is 1. The van der Waals surface area contributed by atoms with Crippen molar-refractivity contribution in [3.05, 3.63) is 35.1 Å². The quantitative estimate of drug-likeness (QED) is 0.861. The summed E-state index contributed by atoms with van der Waals surface area (Å²) in [6.45, 7) is 1.28. The predicted octanol–water partition coefficient (Wildman–Crippen LogP) is 0.684. The summed E-state index contributed by atoms with van der Waals surface area (Å²) in [5, 5.41) is 0. The van der Waals surface area contributed by atoms with Gasteiger partial charge in [0.05, 0.1) is 6.61 Å². The summed E-state index contributed by atoms with van der Waals surface area (Å²) in [4.78, 5) is 13.7. The Kier molecular flexibility index (Phi) is 3.93. The maximum atomic E-state index is 13.1. The lowest BCUT2D eigenvalue weighted by atomic mass is 9.99. The van der Waals surface area contributed by atoms with E-state index in [1.165, 1.54) is 19.2 Å². The van der Waals surface area contributed by atoms with Crippen molar-refractivity contribution in [3.63, 3.8) is 0 Å². The topological polar surface area (TPSA) is 55.6 Å². The number of ether oxygens (including phenoxy) is 1. The molecule has 1 aromatic carbocycles. The van der Waals surface area contributed by atoms with E-state index in [9.17, 15) is 9.18 Å². The zero-order valence-corrected chi connectivity index (χ0v) is 10.4. The Morgan fingerprint density at radius 3 is 3.06 bits per heavy atom. The Bertz CT molecular complexity index is 451. The highest BCUT2D eigenvalue weighted by molar-refractivity contribution is 5.82. The van der Waals surface area contributed by atoms with Gasteiger partial charge in [-0.1, -0.05) is 6.07 Å². The van der Waals surface area contributed by atoms with Crippen LogP contribution in [0, 0.1) is 5.82 Å². The van der Waals surface area contributed by atoms with Crippen molar-refractivity contribution >= 4 is 5.91 Å². The van der Waals surface area contributed by atoms with E-state index in [4.69, 9.17) is 10.5 Å². The van der Waals surface area contributed by atoms with Crippen molar-refractivity contribution in [3.8, 4) is 0 Å². The fraction of sp³-hybridized carbons (Fsp3) is 0.462. The molecule has 0 aliphatic carbocycles. The zero-order valence-electron chi connectivity index (χ0n) is 10.4. The third kappa shape index (κ3) is 2.68. The summed E-state index contributed by atoms with van der Waals surface area (Å²) in [5.74, 6) is -0.351. The van der Waals surface area contributed by atoms with Crippen molar-refractivity contribution < 1.29 is 13.9 Å². The highest BCUT2D eigenvalue weighted by Gasteiger charge is 2.25. The number of hydrogen-bond donors (Lipinski definition) is 1. The first-order chi connectivity index (χ1) is 8.61. The summed E-state index contributed by atoms with van der Waals surface area (Å²) in [5.41, 5.74) is 7.68. The van der Waals surface area contributed by atoms with E-state index in [2.05, 4.69) is 0 Å². The minimum Gasteiger partial charge on any atom is -0.383 e. The van der Waals surface area contributed by atoms with Gasteiger partial charge in [-0.2, -0.15) is 0 Å². The van der Waals surface area contributed by atoms with Gasteiger partial charge in [0.2, 0.25) is 5.91 Å². The smallest absolute Gasteiger partial charge is 0.242 e. The van der Waals surface area contributed by atoms with Crippen molar-refractivity contribution in [1.29, 1.82) is 0 Å². The van der Waals surface area contributed by atoms with Gasteiger partial charge < -0.3 is 15.4 Å². The molecular weight excluding hydrogens is 235 g/mol. The standard InChI is InChI=1S/C13H17FN2O2/c1-18-8-12(15)13(17)16-5-4-9-6-11(14)3-2-10(9)7-16/h2-3,6,12H,4-5,7-8,15H2,1H3. The highest BCUT2D eigenvalue weighted by Crippen LogP contribution is 2.20. The van der Waals surface area contributed by atoms with E-state index in [0.717, 1.165) is 11.1 Å². The molecule has 1 aromatic rings. The average Bonchev–Trinajstić information content (AvgIpc) is 2.37. The molecule has 0 spiro atoms. The number of carbonyl (C=O) groups is 1. The van der Waals surface area contributed by atoms with Crippen LogP contribution < -0.4 is 5.73 Å². The lowest BCUT2D eigenvalue weighted by Crippen LogP contribution is -2.47. The molecule has 0 bridgehead atoms. The van der Waals surface area contributed by atoms with Crippen LogP contribution in [0.1, 0.15) is 11.1 Å². The van der Waals surface area contributed by atoms with Crippen molar-refractivity contribution in [1.82, 2.24) is 4.90 Å². The largest absolute Gasteiger partial charge is 0.383 e. The summed E-state index contributed by atoms with van der Waals surface area (Å²) in [6.07, 6.45) is 0.665. The maximum absolute atomic E-state index is 13.1. The van der Waals surface area contributed by atoms with E-state index >= 15 is 0 Å². The van der Waals surface area contributed by atoms with Crippen LogP contribution in [0.2, 0.25) is 0 Å². The second kappa shape index (κ2) is 5.46. The number of amides is 1. The maximum Gasteiger partial charge on any atom is 0.242 e. The molecule has 0 aromatic heterocycles. The zero-order chi connectivity index (χ0) is 13.1. The number of methoxy groups -OCH3 is 1.